The lowest BCUT2D eigenvalue weighted by molar-refractivity contribution is -0.163. The number of aliphatic carboxylic acids is 1. The zero-order valence-corrected chi connectivity index (χ0v) is 7.05. The van der Waals surface area contributed by atoms with Crippen LogP contribution >= 0.6 is 0 Å². The SMILES string of the molecule is O=C(O)C1(O)CCC2(CC2)CC1. The molecular weight excluding hydrogens is 156 g/mol. The molecule has 2 N–H and O–H groups in total. The van der Waals surface area contributed by atoms with Crippen molar-refractivity contribution < 1.29 is 15.0 Å². The number of rotatable bonds is 1. The molecule has 2 fully saturated rings. The Morgan fingerprint density at radius 1 is 1.00 bits per heavy atom. The Hall–Kier alpha value is -0.570. The van der Waals surface area contributed by atoms with Crippen molar-refractivity contribution in [2.24, 2.45) is 5.41 Å². The van der Waals surface area contributed by atoms with Gasteiger partial charge in [-0.05, 0) is 43.9 Å². The highest BCUT2D eigenvalue weighted by molar-refractivity contribution is 5.77. The number of carboxylic acids is 1. The summed E-state index contributed by atoms with van der Waals surface area (Å²) in [7, 11) is 0. The standard InChI is InChI=1S/C9H14O3/c10-7(11)9(12)5-3-8(1-2-8)4-6-9/h12H,1-6H2,(H,10,11). The minimum absolute atomic E-state index is 0.446. The van der Waals surface area contributed by atoms with Crippen molar-refractivity contribution in [1.82, 2.24) is 0 Å². The summed E-state index contributed by atoms with van der Waals surface area (Å²) in [6.07, 6.45) is 5.17. The predicted molar refractivity (Wildman–Crippen MR) is 42.7 cm³/mol. The fraction of sp³-hybridized carbons (Fsp3) is 0.889. The first-order valence-electron chi connectivity index (χ1n) is 4.52. The molecule has 2 saturated carbocycles. The molecule has 2 aliphatic carbocycles. The van der Waals surface area contributed by atoms with E-state index in [1.54, 1.807) is 0 Å². The minimum Gasteiger partial charge on any atom is -0.479 e. The third-order valence-electron chi connectivity index (χ3n) is 3.49. The first kappa shape index (κ1) is 8.05. The molecule has 0 aromatic rings. The van der Waals surface area contributed by atoms with E-state index in [0.29, 0.717) is 18.3 Å². The van der Waals surface area contributed by atoms with Gasteiger partial charge < -0.3 is 10.2 Å². The van der Waals surface area contributed by atoms with Crippen LogP contribution in [0, 0.1) is 5.41 Å². The summed E-state index contributed by atoms with van der Waals surface area (Å²) in [5, 5.41) is 18.3. The number of carbonyl (C=O) groups is 1. The average Bonchev–Trinajstić information content (AvgIpc) is 2.77. The van der Waals surface area contributed by atoms with Gasteiger partial charge in [0, 0.05) is 0 Å². The second kappa shape index (κ2) is 2.22. The van der Waals surface area contributed by atoms with E-state index in [2.05, 4.69) is 0 Å². The first-order chi connectivity index (χ1) is 5.56. The van der Waals surface area contributed by atoms with Crippen LogP contribution < -0.4 is 0 Å². The number of hydrogen-bond acceptors (Lipinski definition) is 2. The lowest BCUT2D eigenvalue weighted by Crippen LogP contribution is -2.42. The van der Waals surface area contributed by atoms with Crippen molar-refractivity contribution in [2.75, 3.05) is 0 Å². The summed E-state index contributed by atoms with van der Waals surface area (Å²) in [6.45, 7) is 0. The fourth-order valence-corrected chi connectivity index (χ4v) is 2.08. The molecule has 0 aliphatic heterocycles. The number of carboxylic acid groups (broad SMARTS) is 1. The average molecular weight is 170 g/mol. The van der Waals surface area contributed by atoms with Crippen LogP contribution in [0.1, 0.15) is 38.5 Å². The molecule has 2 rings (SSSR count). The van der Waals surface area contributed by atoms with Crippen molar-refractivity contribution >= 4 is 5.97 Å². The molecule has 0 aromatic heterocycles. The third-order valence-corrected chi connectivity index (χ3v) is 3.49. The van der Waals surface area contributed by atoms with Crippen molar-refractivity contribution in [3.8, 4) is 0 Å². The molecule has 0 saturated heterocycles. The normalized spacial score (nSPS) is 30.1. The Bertz CT molecular complexity index is 208. The Kier molecular flexibility index (Phi) is 1.49. The second-order valence-electron chi connectivity index (χ2n) is 4.34. The second-order valence-corrected chi connectivity index (χ2v) is 4.34. The molecule has 0 radical (unpaired) electrons. The van der Waals surface area contributed by atoms with E-state index >= 15 is 0 Å². The topological polar surface area (TPSA) is 57.5 Å². The Morgan fingerprint density at radius 3 is 1.75 bits per heavy atom. The van der Waals surface area contributed by atoms with Crippen LogP contribution in [0.3, 0.4) is 0 Å². The van der Waals surface area contributed by atoms with Gasteiger partial charge in [-0.3, -0.25) is 0 Å². The van der Waals surface area contributed by atoms with Crippen molar-refractivity contribution in [3.63, 3.8) is 0 Å². The van der Waals surface area contributed by atoms with Crippen molar-refractivity contribution in [1.29, 1.82) is 0 Å². The summed E-state index contributed by atoms with van der Waals surface area (Å²) in [6, 6.07) is 0. The Morgan fingerprint density at radius 2 is 1.42 bits per heavy atom. The van der Waals surface area contributed by atoms with Gasteiger partial charge in [0.05, 0.1) is 0 Å². The van der Waals surface area contributed by atoms with Gasteiger partial charge in [-0.1, -0.05) is 0 Å². The molecule has 0 bridgehead atoms. The number of hydrogen-bond donors (Lipinski definition) is 2. The third kappa shape index (κ3) is 1.12. The van der Waals surface area contributed by atoms with Gasteiger partial charge >= 0.3 is 5.97 Å². The number of aliphatic hydroxyl groups is 1. The monoisotopic (exact) mass is 170 g/mol. The highest BCUT2D eigenvalue weighted by atomic mass is 16.4. The molecule has 0 aromatic carbocycles. The van der Waals surface area contributed by atoms with Gasteiger partial charge in [0.25, 0.3) is 0 Å². The van der Waals surface area contributed by atoms with E-state index in [4.69, 9.17) is 5.11 Å². The first-order valence-corrected chi connectivity index (χ1v) is 4.52. The molecule has 0 amide bonds. The molecule has 1 spiro atoms. The summed E-state index contributed by atoms with van der Waals surface area (Å²) < 4.78 is 0. The Balaban J connectivity index is 2.01. The maximum Gasteiger partial charge on any atom is 0.335 e. The van der Waals surface area contributed by atoms with Crippen LogP contribution in [0.4, 0.5) is 0 Å². The van der Waals surface area contributed by atoms with Crippen LogP contribution in [-0.4, -0.2) is 21.8 Å². The molecule has 3 heteroatoms. The van der Waals surface area contributed by atoms with Gasteiger partial charge in [0.15, 0.2) is 5.60 Å². The van der Waals surface area contributed by atoms with Gasteiger partial charge in [-0.2, -0.15) is 0 Å². The van der Waals surface area contributed by atoms with E-state index in [1.807, 2.05) is 0 Å². The van der Waals surface area contributed by atoms with Crippen molar-refractivity contribution in [2.45, 2.75) is 44.1 Å². The smallest absolute Gasteiger partial charge is 0.335 e. The Labute approximate surface area is 71.4 Å². The molecule has 3 nitrogen and oxygen atoms in total. The summed E-state index contributed by atoms with van der Waals surface area (Å²) in [5.74, 6) is -1.04. The molecule has 0 atom stereocenters. The van der Waals surface area contributed by atoms with Crippen LogP contribution in [0.5, 0.6) is 0 Å². The minimum atomic E-state index is -1.41. The molecule has 0 heterocycles. The molecule has 2 aliphatic rings. The van der Waals surface area contributed by atoms with Gasteiger partial charge in [-0.25, -0.2) is 4.79 Å². The largest absolute Gasteiger partial charge is 0.479 e. The zero-order valence-electron chi connectivity index (χ0n) is 7.05. The van der Waals surface area contributed by atoms with Gasteiger partial charge in [0.1, 0.15) is 0 Å². The lowest BCUT2D eigenvalue weighted by atomic mass is 9.77. The maximum absolute atomic E-state index is 10.7. The zero-order chi connectivity index (χ0) is 8.82. The fourth-order valence-electron chi connectivity index (χ4n) is 2.08. The lowest BCUT2D eigenvalue weighted by Gasteiger charge is -2.32. The van der Waals surface area contributed by atoms with E-state index in [-0.39, 0.29) is 0 Å². The molecule has 68 valence electrons. The van der Waals surface area contributed by atoms with Crippen LogP contribution in [0.15, 0.2) is 0 Å². The highest BCUT2D eigenvalue weighted by Crippen LogP contribution is 2.57. The predicted octanol–water partition coefficient (Wildman–Crippen LogP) is 1.16. The summed E-state index contributed by atoms with van der Waals surface area (Å²) >= 11 is 0. The van der Waals surface area contributed by atoms with Crippen LogP contribution in [0.25, 0.3) is 0 Å². The highest BCUT2D eigenvalue weighted by Gasteiger charge is 2.51. The van der Waals surface area contributed by atoms with Crippen LogP contribution in [0.2, 0.25) is 0 Å². The molecular formula is C9H14O3. The van der Waals surface area contributed by atoms with E-state index in [0.717, 1.165) is 12.8 Å². The van der Waals surface area contributed by atoms with E-state index in [9.17, 15) is 9.90 Å². The van der Waals surface area contributed by atoms with E-state index in [1.165, 1.54) is 12.8 Å². The van der Waals surface area contributed by atoms with Crippen LogP contribution in [-0.2, 0) is 4.79 Å². The van der Waals surface area contributed by atoms with Crippen molar-refractivity contribution in [3.05, 3.63) is 0 Å². The summed E-state index contributed by atoms with van der Waals surface area (Å²) in [5.41, 5.74) is -0.963. The maximum atomic E-state index is 10.7. The van der Waals surface area contributed by atoms with Gasteiger partial charge in [0.2, 0.25) is 0 Å². The van der Waals surface area contributed by atoms with E-state index < -0.39 is 11.6 Å². The quantitative estimate of drug-likeness (QED) is 0.620. The van der Waals surface area contributed by atoms with Gasteiger partial charge in [-0.15, -0.1) is 0 Å². The summed E-state index contributed by atoms with van der Waals surface area (Å²) in [4.78, 5) is 10.7. The molecule has 12 heavy (non-hydrogen) atoms. The molecule has 0 unspecified atom stereocenters.